The average molecular weight is 274 g/mol. The molecule has 20 heavy (non-hydrogen) atoms. The van der Waals surface area contributed by atoms with Crippen molar-refractivity contribution in [2.45, 2.75) is 44.9 Å². The highest BCUT2D eigenvalue weighted by atomic mass is 16.3. The highest BCUT2D eigenvalue weighted by Crippen LogP contribution is 2.36. The lowest BCUT2D eigenvalue weighted by atomic mass is 9.85. The summed E-state index contributed by atoms with van der Waals surface area (Å²) in [5.74, 6) is 0.654. The van der Waals surface area contributed by atoms with E-state index in [9.17, 15) is 15.0 Å². The third-order valence-corrected chi connectivity index (χ3v) is 4.20. The van der Waals surface area contributed by atoms with Crippen molar-refractivity contribution in [2.75, 3.05) is 0 Å². The molecule has 2 aromatic rings. The molecule has 1 saturated carbocycles. The molecule has 0 saturated heterocycles. The minimum absolute atomic E-state index is 0.100. The predicted octanol–water partition coefficient (Wildman–Crippen LogP) is 3.56. The van der Waals surface area contributed by atoms with Gasteiger partial charge in [0.25, 0.3) is 0 Å². The van der Waals surface area contributed by atoms with Gasteiger partial charge in [0.1, 0.15) is 28.2 Å². The Bertz CT molecular complexity index is 708. The van der Waals surface area contributed by atoms with E-state index in [2.05, 4.69) is 0 Å². The number of hydrogen-bond acceptors (Lipinski definition) is 4. The topological polar surface area (TPSA) is 70.7 Å². The van der Waals surface area contributed by atoms with Crippen LogP contribution in [0.3, 0.4) is 0 Å². The maximum atomic E-state index is 12.4. The number of rotatable bonds is 1. The van der Waals surface area contributed by atoms with Gasteiger partial charge in [0, 0.05) is 23.6 Å². The highest BCUT2D eigenvalue weighted by Gasteiger charge is 2.23. The molecule has 0 spiro atoms. The molecule has 0 atom stereocenters. The second-order valence-electron chi connectivity index (χ2n) is 5.59. The van der Waals surface area contributed by atoms with Gasteiger partial charge < -0.3 is 14.6 Å². The van der Waals surface area contributed by atoms with Crippen LogP contribution in [0.15, 0.2) is 21.3 Å². The van der Waals surface area contributed by atoms with Gasteiger partial charge in [0.15, 0.2) is 5.43 Å². The summed E-state index contributed by atoms with van der Waals surface area (Å²) in [6.07, 6.45) is 5.59. The standard InChI is InChI=1S/C16H18O4/c1-9-15(19)14-12(18)7-11(17)8-13(14)20-16(9)10-5-3-2-4-6-10/h7-8,10,17-18H,2-6H2,1H3. The summed E-state index contributed by atoms with van der Waals surface area (Å²) < 4.78 is 5.85. The highest BCUT2D eigenvalue weighted by molar-refractivity contribution is 5.85. The van der Waals surface area contributed by atoms with Crippen molar-refractivity contribution in [3.8, 4) is 11.5 Å². The third-order valence-electron chi connectivity index (χ3n) is 4.20. The number of phenolic OH excluding ortho intramolecular Hbond substituents is 2. The van der Waals surface area contributed by atoms with Crippen molar-refractivity contribution >= 4 is 11.0 Å². The monoisotopic (exact) mass is 274 g/mol. The third kappa shape index (κ3) is 2.05. The first kappa shape index (κ1) is 13.0. The van der Waals surface area contributed by atoms with Crippen LogP contribution in [0.2, 0.25) is 0 Å². The fourth-order valence-electron chi connectivity index (χ4n) is 3.14. The number of fused-ring (bicyclic) bond motifs is 1. The van der Waals surface area contributed by atoms with Crippen molar-refractivity contribution in [1.29, 1.82) is 0 Å². The minimum atomic E-state index is -0.230. The Morgan fingerprint density at radius 2 is 1.85 bits per heavy atom. The van der Waals surface area contributed by atoms with E-state index in [-0.39, 0.29) is 33.8 Å². The summed E-state index contributed by atoms with van der Waals surface area (Å²) in [7, 11) is 0. The zero-order chi connectivity index (χ0) is 14.3. The van der Waals surface area contributed by atoms with Crippen LogP contribution in [-0.4, -0.2) is 10.2 Å². The van der Waals surface area contributed by atoms with E-state index in [0.717, 1.165) is 25.7 Å². The Morgan fingerprint density at radius 1 is 1.15 bits per heavy atom. The molecular weight excluding hydrogens is 256 g/mol. The molecular formula is C16H18O4. The maximum Gasteiger partial charge on any atom is 0.199 e. The van der Waals surface area contributed by atoms with Crippen LogP contribution in [0.5, 0.6) is 11.5 Å². The SMILES string of the molecule is Cc1c(C2CCCCC2)oc2cc(O)cc(O)c2c1=O. The van der Waals surface area contributed by atoms with Crippen LogP contribution >= 0.6 is 0 Å². The number of benzene rings is 1. The molecule has 4 nitrogen and oxygen atoms in total. The molecule has 1 aromatic heterocycles. The van der Waals surface area contributed by atoms with Crippen LogP contribution in [0.1, 0.15) is 49.3 Å². The Hall–Kier alpha value is -1.97. The Kier molecular flexibility index (Phi) is 3.16. The van der Waals surface area contributed by atoms with Gasteiger partial charge in [-0.1, -0.05) is 19.3 Å². The predicted molar refractivity (Wildman–Crippen MR) is 76.4 cm³/mol. The summed E-state index contributed by atoms with van der Waals surface area (Å²) in [6, 6.07) is 2.56. The molecule has 3 rings (SSSR count). The smallest absolute Gasteiger partial charge is 0.199 e. The van der Waals surface area contributed by atoms with Crippen molar-refractivity contribution < 1.29 is 14.6 Å². The van der Waals surface area contributed by atoms with Crippen LogP contribution in [0.25, 0.3) is 11.0 Å². The fourth-order valence-corrected chi connectivity index (χ4v) is 3.14. The van der Waals surface area contributed by atoms with E-state index in [1.165, 1.54) is 18.6 Å². The molecule has 4 heteroatoms. The lowest BCUT2D eigenvalue weighted by Crippen LogP contribution is -2.14. The molecule has 2 N–H and O–H groups in total. The first-order valence-corrected chi connectivity index (χ1v) is 7.07. The first-order chi connectivity index (χ1) is 9.58. The van der Waals surface area contributed by atoms with E-state index < -0.39 is 0 Å². The van der Waals surface area contributed by atoms with Gasteiger partial charge in [-0.05, 0) is 19.8 Å². The van der Waals surface area contributed by atoms with Gasteiger partial charge >= 0.3 is 0 Å². The maximum absolute atomic E-state index is 12.4. The van der Waals surface area contributed by atoms with Gasteiger partial charge in [0.05, 0.1) is 0 Å². The van der Waals surface area contributed by atoms with Crippen LogP contribution in [0.4, 0.5) is 0 Å². The number of hydrogen-bond donors (Lipinski definition) is 2. The Morgan fingerprint density at radius 3 is 2.55 bits per heavy atom. The van der Waals surface area contributed by atoms with E-state index >= 15 is 0 Å². The molecule has 1 aliphatic carbocycles. The summed E-state index contributed by atoms with van der Waals surface area (Å²) in [4.78, 5) is 12.4. The van der Waals surface area contributed by atoms with Crippen molar-refractivity contribution in [2.24, 2.45) is 0 Å². The molecule has 0 radical (unpaired) electrons. The molecule has 1 aliphatic rings. The van der Waals surface area contributed by atoms with E-state index in [1.807, 2.05) is 0 Å². The van der Waals surface area contributed by atoms with Crippen molar-refractivity contribution in [3.05, 3.63) is 33.7 Å². The van der Waals surface area contributed by atoms with Gasteiger partial charge in [0.2, 0.25) is 0 Å². The van der Waals surface area contributed by atoms with E-state index in [1.54, 1.807) is 6.92 Å². The van der Waals surface area contributed by atoms with Gasteiger partial charge in [-0.25, -0.2) is 0 Å². The normalized spacial score (nSPS) is 16.6. The van der Waals surface area contributed by atoms with E-state index in [4.69, 9.17) is 4.42 Å². The summed E-state index contributed by atoms with van der Waals surface area (Å²) in [5.41, 5.74) is 0.633. The second kappa shape index (κ2) is 4.85. The van der Waals surface area contributed by atoms with E-state index in [0.29, 0.717) is 11.3 Å². The van der Waals surface area contributed by atoms with Crippen molar-refractivity contribution in [3.63, 3.8) is 0 Å². The van der Waals surface area contributed by atoms with Crippen LogP contribution in [0, 0.1) is 6.92 Å². The summed E-state index contributed by atoms with van der Waals surface area (Å²) in [6.45, 7) is 1.75. The molecule has 0 amide bonds. The Labute approximate surface area is 116 Å². The molecule has 0 unspecified atom stereocenters. The second-order valence-corrected chi connectivity index (χ2v) is 5.59. The van der Waals surface area contributed by atoms with Crippen LogP contribution < -0.4 is 5.43 Å². The molecule has 1 aromatic carbocycles. The lowest BCUT2D eigenvalue weighted by molar-refractivity contribution is 0.376. The molecule has 106 valence electrons. The van der Waals surface area contributed by atoms with Gasteiger partial charge in [-0.2, -0.15) is 0 Å². The summed E-state index contributed by atoms with van der Waals surface area (Å²) in [5, 5.41) is 19.5. The average Bonchev–Trinajstić information content (AvgIpc) is 2.43. The van der Waals surface area contributed by atoms with Crippen LogP contribution in [-0.2, 0) is 0 Å². The quantitative estimate of drug-likeness (QED) is 0.834. The largest absolute Gasteiger partial charge is 0.508 e. The Balaban J connectivity index is 2.24. The van der Waals surface area contributed by atoms with Gasteiger partial charge in [-0.3, -0.25) is 4.79 Å². The molecule has 1 heterocycles. The lowest BCUT2D eigenvalue weighted by Gasteiger charge is -2.22. The number of phenols is 2. The number of aromatic hydroxyl groups is 2. The molecule has 1 fully saturated rings. The summed E-state index contributed by atoms with van der Waals surface area (Å²) >= 11 is 0. The molecule has 0 aliphatic heterocycles. The fraction of sp³-hybridized carbons (Fsp3) is 0.438. The van der Waals surface area contributed by atoms with Crippen molar-refractivity contribution in [1.82, 2.24) is 0 Å². The van der Waals surface area contributed by atoms with Gasteiger partial charge in [-0.15, -0.1) is 0 Å². The first-order valence-electron chi connectivity index (χ1n) is 7.07. The molecule has 0 bridgehead atoms. The minimum Gasteiger partial charge on any atom is -0.508 e. The zero-order valence-corrected chi connectivity index (χ0v) is 11.5. The zero-order valence-electron chi connectivity index (χ0n) is 11.5.